The normalized spacial score (nSPS) is 10.9. The maximum Gasteiger partial charge on any atom is 0.0912 e. The minimum absolute atomic E-state index is 0.549. The molecule has 0 rings (SSSR count). The molecule has 44 valence electrons. The van der Waals surface area contributed by atoms with Crippen molar-refractivity contribution in [2.75, 3.05) is 13.7 Å². The molecule has 0 aromatic rings. The average Bonchev–Trinajstić information content (AvgIpc) is 1.68. The van der Waals surface area contributed by atoms with Gasteiger partial charge in [0.2, 0.25) is 0 Å². The van der Waals surface area contributed by atoms with Crippen molar-refractivity contribution in [2.24, 2.45) is 0 Å². The fourth-order valence-corrected chi connectivity index (χ4v) is 0.380. The van der Waals surface area contributed by atoms with Gasteiger partial charge in [0.25, 0.3) is 0 Å². The van der Waals surface area contributed by atoms with Crippen LogP contribution in [-0.2, 0) is 4.74 Å². The first-order valence-corrected chi connectivity index (χ1v) is 2.35. The molecule has 0 spiro atoms. The van der Waals surface area contributed by atoms with E-state index in [1.807, 2.05) is 13.0 Å². The summed E-state index contributed by atoms with van der Waals surface area (Å²) in [6.45, 7) is 2.40. The summed E-state index contributed by atoms with van der Waals surface area (Å²) >= 11 is 0. The second-order valence-corrected chi connectivity index (χ2v) is 1.55. The Hall–Kier alpha value is -0.810. The van der Waals surface area contributed by atoms with Crippen molar-refractivity contribution in [2.45, 2.75) is 6.92 Å². The first-order chi connectivity index (χ1) is 3.81. The van der Waals surface area contributed by atoms with Crippen LogP contribution >= 0.6 is 0 Å². The summed E-state index contributed by atoms with van der Waals surface area (Å²) in [5, 5.41) is 8.08. The van der Waals surface area contributed by atoms with E-state index in [0.717, 1.165) is 5.57 Å². The average molecular weight is 111 g/mol. The van der Waals surface area contributed by atoms with Gasteiger partial charge >= 0.3 is 0 Å². The maximum atomic E-state index is 8.08. The Kier molecular flexibility index (Phi) is 3.91. The van der Waals surface area contributed by atoms with Crippen LogP contribution in [-0.4, -0.2) is 13.7 Å². The molecule has 0 radical (unpaired) electrons. The number of hydrogen-bond acceptors (Lipinski definition) is 2. The maximum absolute atomic E-state index is 8.08. The molecule has 0 aromatic heterocycles. The smallest absolute Gasteiger partial charge is 0.0912 e. The molecule has 0 bridgehead atoms. The number of allylic oxidation sites excluding steroid dienone is 1. The summed E-state index contributed by atoms with van der Waals surface area (Å²) in [5.41, 5.74) is 0.954. The number of ether oxygens (including phenoxy) is 1. The first kappa shape index (κ1) is 7.19. The van der Waals surface area contributed by atoms with Crippen LogP contribution in [0.15, 0.2) is 11.6 Å². The van der Waals surface area contributed by atoms with Crippen molar-refractivity contribution < 1.29 is 4.74 Å². The van der Waals surface area contributed by atoms with Gasteiger partial charge in [-0.3, -0.25) is 0 Å². The molecule has 0 N–H and O–H groups in total. The summed E-state index contributed by atoms with van der Waals surface area (Å²) in [5.74, 6) is 0. The molecule has 0 aliphatic carbocycles. The highest BCUT2D eigenvalue weighted by atomic mass is 16.5. The van der Waals surface area contributed by atoms with Gasteiger partial charge in [-0.15, -0.1) is 0 Å². The van der Waals surface area contributed by atoms with Gasteiger partial charge in [-0.05, 0) is 12.5 Å². The molecular weight excluding hydrogens is 102 g/mol. The summed E-state index contributed by atoms with van der Waals surface area (Å²) < 4.78 is 4.74. The lowest BCUT2D eigenvalue weighted by molar-refractivity contribution is 0.226. The number of nitrogens with zero attached hydrogens (tertiary/aromatic N) is 1. The number of rotatable bonds is 2. The Morgan fingerprint density at radius 3 is 2.88 bits per heavy atom. The van der Waals surface area contributed by atoms with Crippen molar-refractivity contribution >= 4 is 0 Å². The third-order valence-electron chi connectivity index (χ3n) is 0.683. The number of methoxy groups -OCH3 is 1. The molecule has 0 saturated heterocycles. The predicted octanol–water partition coefficient (Wildman–Crippen LogP) is 1.10. The summed E-state index contributed by atoms with van der Waals surface area (Å²) in [7, 11) is 1.61. The molecule has 0 atom stereocenters. The van der Waals surface area contributed by atoms with Crippen molar-refractivity contribution in [3.05, 3.63) is 11.6 Å². The van der Waals surface area contributed by atoms with Gasteiger partial charge < -0.3 is 4.74 Å². The standard InChI is InChI=1S/C6H9NO/c1-6(3-4-7)5-8-2/h3H,5H2,1-2H3. The minimum atomic E-state index is 0.549. The minimum Gasteiger partial charge on any atom is -0.380 e. The van der Waals surface area contributed by atoms with Crippen LogP contribution in [0, 0.1) is 11.3 Å². The van der Waals surface area contributed by atoms with Crippen LogP contribution < -0.4 is 0 Å². The van der Waals surface area contributed by atoms with E-state index in [1.54, 1.807) is 7.11 Å². The summed E-state index contributed by atoms with van der Waals surface area (Å²) in [6, 6.07) is 1.91. The zero-order valence-corrected chi connectivity index (χ0v) is 5.14. The van der Waals surface area contributed by atoms with Crippen LogP contribution in [0.2, 0.25) is 0 Å². The Morgan fingerprint density at radius 1 is 1.88 bits per heavy atom. The molecule has 0 amide bonds. The van der Waals surface area contributed by atoms with Gasteiger partial charge in [0, 0.05) is 13.2 Å². The van der Waals surface area contributed by atoms with Gasteiger partial charge in [-0.2, -0.15) is 5.26 Å². The summed E-state index contributed by atoms with van der Waals surface area (Å²) in [4.78, 5) is 0. The van der Waals surface area contributed by atoms with Crippen LogP contribution in [0.25, 0.3) is 0 Å². The third kappa shape index (κ3) is 3.38. The molecule has 0 aliphatic rings. The molecule has 8 heavy (non-hydrogen) atoms. The molecule has 0 fully saturated rings. The van der Waals surface area contributed by atoms with Gasteiger partial charge in [0.1, 0.15) is 0 Å². The first-order valence-electron chi connectivity index (χ1n) is 2.35. The van der Waals surface area contributed by atoms with E-state index in [0.29, 0.717) is 6.61 Å². The quantitative estimate of drug-likeness (QED) is 0.500. The Bertz CT molecular complexity index is 121. The lowest BCUT2D eigenvalue weighted by Gasteiger charge is -1.92. The van der Waals surface area contributed by atoms with Gasteiger partial charge in [0.15, 0.2) is 0 Å². The summed E-state index contributed by atoms with van der Waals surface area (Å²) in [6.07, 6.45) is 1.48. The third-order valence-corrected chi connectivity index (χ3v) is 0.683. The highest BCUT2D eigenvalue weighted by Crippen LogP contribution is 1.88. The number of hydrogen-bond donors (Lipinski definition) is 0. The largest absolute Gasteiger partial charge is 0.380 e. The molecule has 0 heterocycles. The fraction of sp³-hybridized carbons (Fsp3) is 0.500. The van der Waals surface area contributed by atoms with Crippen molar-refractivity contribution in [3.8, 4) is 6.07 Å². The van der Waals surface area contributed by atoms with Crippen LogP contribution in [0.5, 0.6) is 0 Å². The van der Waals surface area contributed by atoms with E-state index in [4.69, 9.17) is 10.00 Å². The van der Waals surface area contributed by atoms with Crippen LogP contribution in [0.4, 0.5) is 0 Å². The zero-order valence-electron chi connectivity index (χ0n) is 5.14. The molecule has 0 saturated carbocycles. The Labute approximate surface area is 49.4 Å². The lowest BCUT2D eigenvalue weighted by Crippen LogP contribution is -1.87. The molecule has 0 aromatic carbocycles. The Balaban J connectivity index is 3.49. The van der Waals surface area contributed by atoms with E-state index in [9.17, 15) is 0 Å². The molecule has 0 aliphatic heterocycles. The zero-order chi connectivity index (χ0) is 6.41. The highest BCUT2D eigenvalue weighted by molar-refractivity contribution is 5.10. The molecule has 0 unspecified atom stereocenters. The fourth-order valence-electron chi connectivity index (χ4n) is 0.380. The van der Waals surface area contributed by atoms with Gasteiger partial charge in [-0.25, -0.2) is 0 Å². The monoisotopic (exact) mass is 111 g/mol. The second kappa shape index (κ2) is 4.35. The van der Waals surface area contributed by atoms with E-state index >= 15 is 0 Å². The van der Waals surface area contributed by atoms with Crippen LogP contribution in [0.3, 0.4) is 0 Å². The second-order valence-electron chi connectivity index (χ2n) is 1.55. The van der Waals surface area contributed by atoms with E-state index in [1.165, 1.54) is 6.08 Å². The SMILES string of the molecule is COCC(C)=CC#N. The molecular formula is C6H9NO. The highest BCUT2D eigenvalue weighted by Gasteiger charge is 1.82. The Morgan fingerprint density at radius 2 is 2.50 bits per heavy atom. The van der Waals surface area contributed by atoms with Crippen molar-refractivity contribution in [1.82, 2.24) is 0 Å². The molecule has 2 nitrogen and oxygen atoms in total. The van der Waals surface area contributed by atoms with Crippen LogP contribution in [0.1, 0.15) is 6.92 Å². The van der Waals surface area contributed by atoms with E-state index < -0.39 is 0 Å². The van der Waals surface area contributed by atoms with Gasteiger partial charge in [-0.1, -0.05) is 0 Å². The van der Waals surface area contributed by atoms with E-state index in [2.05, 4.69) is 0 Å². The van der Waals surface area contributed by atoms with Crippen molar-refractivity contribution in [3.63, 3.8) is 0 Å². The topological polar surface area (TPSA) is 33.0 Å². The lowest BCUT2D eigenvalue weighted by atomic mass is 10.3. The van der Waals surface area contributed by atoms with Gasteiger partial charge in [0.05, 0.1) is 12.7 Å². The van der Waals surface area contributed by atoms with E-state index in [-0.39, 0.29) is 0 Å². The predicted molar refractivity (Wildman–Crippen MR) is 31.2 cm³/mol. The number of nitriles is 1. The van der Waals surface area contributed by atoms with Crippen molar-refractivity contribution in [1.29, 1.82) is 5.26 Å². The molecule has 2 heteroatoms.